The highest BCUT2D eigenvalue weighted by Gasteiger charge is 2.29. The van der Waals surface area contributed by atoms with Crippen molar-refractivity contribution in [2.24, 2.45) is 0 Å². The lowest BCUT2D eigenvalue weighted by atomic mass is 10.0. The molecule has 0 spiro atoms. The van der Waals surface area contributed by atoms with Crippen molar-refractivity contribution in [3.63, 3.8) is 0 Å². The second-order valence-electron chi connectivity index (χ2n) is 8.34. The maximum Gasteiger partial charge on any atom is 0.236 e. The van der Waals surface area contributed by atoms with Gasteiger partial charge in [-0.1, -0.05) is 18.2 Å². The van der Waals surface area contributed by atoms with E-state index in [1.165, 1.54) is 5.56 Å². The smallest absolute Gasteiger partial charge is 0.236 e. The Hall–Kier alpha value is -2.73. The van der Waals surface area contributed by atoms with Gasteiger partial charge in [-0.25, -0.2) is 0 Å². The number of anilines is 1. The lowest BCUT2D eigenvalue weighted by Crippen LogP contribution is -2.37. The van der Waals surface area contributed by atoms with Crippen LogP contribution in [0.25, 0.3) is 0 Å². The third-order valence-corrected chi connectivity index (χ3v) is 5.95. The van der Waals surface area contributed by atoms with Crippen molar-refractivity contribution in [1.82, 2.24) is 9.80 Å². The molecule has 0 N–H and O–H groups in total. The summed E-state index contributed by atoms with van der Waals surface area (Å²) in [6, 6.07) is 14.8. The Morgan fingerprint density at radius 1 is 1.03 bits per heavy atom. The standard InChI is InChI=1S/C24H31N3O3/c1-25(2)20-9-6-18(7-10-20)16-26(3)24(28)17-27-12-4-5-21(27)19-8-11-22-23(15-19)30-14-13-29-22/h6-11,15,21H,4-5,12-14,16-17H2,1-3H3/t21-/m1/s1. The predicted molar refractivity (Wildman–Crippen MR) is 118 cm³/mol. The summed E-state index contributed by atoms with van der Waals surface area (Å²) in [7, 11) is 5.94. The molecule has 2 aromatic rings. The molecule has 2 aliphatic rings. The number of likely N-dealkylation sites (tertiary alicyclic amines) is 1. The van der Waals surface area contributed by atoms with E-state index in [1.54, 1.807) is 0 Å². The first-order chi connectivity index (χ1) is 14.5. The first-order valence-corrected chi connectivity index (χ1v) is 10.6. The maximum atomic E-state index is 12.9. The molecule has 0 radical (unpaired) electrons. The third kappa shape index (κ3) is 4.54. The first kappa shape index (κ1) is 20.5. The lowest BCUT2D eigenvalue weighted by Gasteiger charge is -2.28. The van der Waals surface area contributed by atoms with Gasteiger partial charge in [-0.2, -0.15) is 0 Å². The van der Waals surface area contributed by atoms with Crippen molar-refractivity contribution in [2.75, 3.05) is 52.3 Å². The Bertz CT molecular complexity index is 882. The summed E-state index contributed by atoms with van der Waals surface area (Å²) in [6.07, 6.45) is 2.16. The Kier molecular flexibility index (Phi) is 6.13. The van der Waals surface area contributed by atoms with E-state index in [0.717, 1.165) is 42.1 Å². The van der Waals surface area contributed by atoms with Crippen molar-refractivity contribution in [3.05, 3.63) is 53.6 Å². The van der Waals surface area contributed by atoms with Gasteiger partial charge < -0.3 is 19.3 Å². The van der Waals surface area contributed by atoms with Crippen LogP contribution in [0.1, 0.15) is 30.0 Å². The number of carbonyl (C=O) groups is 1. The van der Waals surface area contributed by atoms with Crippen LogP contribution in [0.4, 0.5) is 5.69 Å². The molecular weight excluding hydrogens is 378 g/mol. The van der Waals surface area contributed by atoms with Crippen LogP contribution in [-0.4, -0.2) is 63.2 Å². The molecule has 0 aliphatic carbocycles. The third-order valence-electron chi connectivity index (χ3n) is 5.95. The number of rotatable bonds is 6. The van der Waals surface area contributed by atoms with Crippen molar-refractivity contribution in [3.8, 4) is 11.5 Å². The van der Waals surface area contributed by atoms with Gasteiger partial charge in [-0.05, 0) is 54.8 Å². The van der Waals surface area contributed by atoms with E-state index in [0.29, 0.717) is 26.3 Å². The number of carbonyl (C=O) groups excluding carboxylic acids is 1. The molecule has 160 valence electrons. The number of hydrogen-bond acceptors (Lipinski definition) is 5. The lowest BCUT2D eigenvalue weighted by molar-refractivity contribution is -0.131. The molecule has 1 amide bonds. The van der Waals surface area contributed by atoms with Gasteiger partial charge in [0.1, 0.15) is 13.2 Å². The fourth-order valence-electron chi connectivity index (χ4n) is 4.22. The average Bonchev–Trinajstić information content (AvgIpc) is 3.21. The fraction of sp³-hybridized carbons (Fsp3) is 0.458. The Morgan fingerprint density at radius 2 is 1.77 bits per heavy atom. The normalized spacial score (nSPS) is 18.3. The number of benzene rings is 2. The number of likely N-dealkylation sites (N-methyl/N-ethyl adjacent to an activating group) is 1. The molecule has 1 atom stereocenters. The molecule has 30 heavy (non-hydrogen) atoms. The van der Waals surface area contributed by atoms with E-state index in [9.17, 15) is 4.79 Å². The van der Waals surface area contributed by atoms with Gasteiger partial charge in [0.25, 0.3) is 0 Å². The molecule has 1 fully saturated rings. The predicted octanol–water partition coefficient (Wildman–Crippen LogP) is 3.32. The average molecular weight is 410 g/mol. The highest BCUT2D eigenvalue weighted by molar-refractivity contribution is 5.78. The summed E-state index contributed by atoms with van der Waals surface area (Å²) < 4.78 is 11.4. The van der Waals surface area contributed by atoms with Crippen molar-refractivity contribution in [2.45, 2.75) is 25.4 Å². The summed E-state index contributed by atoms with van der Waals surface area (Å²) in [4.78, 5) is 19.1. The summed E-state index contributed by atoms with van der Waals surface area (Å²) in [6.45, 7) is 3.18. The zero-order valence-electron chi connectivity index (χ0n) is 18.1. The second kappa shape index (κ2) is 8.96. The van der Waals surface area contributed by atoms with Crippen LogP contribution in [0.2, 0.25) is 0 Å². The highest BCUT2D eigenvalue weighted by atomic mass is 16.6. The topological polar surface area (TPSA) is 45.2 Å². The molecule has 0 aromatic heterocycles. The minimum absolute atomic E-state index is 0.149. The van der Waals surface area contributed by atoms with Crippen LogP contribution in [0.5, 0.6) is 11.5 Å². The molecule has 6 heteroatoms. The fourth-order valence-corrected chi connectivity index (χ4v) is 4.22. The summed E-state index contributed by atoms with van der Waals surface area (Å²) in [5.41, 5.74) is 3.50. The van der Waals surface area contributed by atoms with Gasteiger partial charge in [-0.3, -0.25) is 9.69 Å². The van der Waals surface area contributed by atoms with Gasteiger partial charge in [0.2, 0.25) is 5.91 Å². The number of fused-ring (bicyclic) bond motifs is 1. The largest absolute Gasteiger partial charge is 0.486 e. The van der Waals surface area contributed by atoms with Crippen LogP contribution in [0.15, 0.2) is 42.5 Å². The van der Waals surface area contributed by atoms with Gasteiger partial charge in [0.05, 0.1) is 6.54 Å². The monoisotopic (exact) mass is 409 g/mol. The number of amides is 1. The zero-order chi connectivity index (χ0) is 21.1. The SMILES string of the molecule is CN(Cc1ccc(N(C)C)cc1)C(=O)CN1CCC[C@@H]1c1ccc2c(c1)OCCO2. The van der Waals surface area contributed by atoms with E-state index in [1.807, 2.05) is 32.1 Å². The molecule has 6 nitrogen and oxygen atoms in total. The van der Waals surface area contributed by atoms with E-state index in [2.05, 4.69) is 46.2 Å². The van der Waals surface area contributed by atoms with Crippen LogP contribution in [0, 0.1) is 0 Å². The Labute approximate surface area is 179 Å². The molecule has 4 rings (SSSR count). The molecule has 2 heterocycles. The van der Waals surface area contributed by atoms with Gasteiger partial charge >= 0.3 is 0 Å². The van der Waals surface area contributed by atoms with Crippen LogP contribution >= 0.6 is 0 Å². The molecule has 2 aliphatic heterocycles. The molecule has 1 saturated heterocycles. The van der Waals surface area contributed by atoms with E-state index in [4.69, 9.17) is 9.47 Å². The maximum absolute atomic E-state index is 12.9. The first-order valence-electron chi connectivity index (χ1n) is 10.6. The van der Waals surface area contributed by atoms with Crippen molar-refractivity contribution >= 4 is 11.6 Å². The highest BCUT2D eigenvalue weighted by Crippen LogP contribution is 2.38. The van der Waals surface area contributed by atoms with E-state index >= 15 is 0 Å². The Balaban J connectivity index is 1.38. The van der Waals surface area contributed by atoms with Gasteiger partial charge in [-0.15, -0.1) is 0 Å². The summed E-state index contributed by atoms with van der Waals surface area (Å²) >= 11 is 0. The van der Waals surface area contributed by atoms with Crippen molar-refractivity contribution < 1.29 is 14.3 Å². The minimum Gasteiger partial charge on any atom is -0.486 e. The Morgan fingerprint density at radius 3 is 2.50 bits per heavy atom. The molecule has 0 bridgehead atoms. The molecule has 2 aromatic carbocycles. The van der Waals surface area contributed by atoms with Crippen LogP contribution in [-0.2, 0) is 11.3 Å². The van der Waals surface area contributed by atoms with E-state index in [-0.39, 0.29) is 11.9 Å². The number of nitrogens with zero attached hydrogens (tertiary/aromatic N) is 3. The zero-order valence-corrected chi connectivity index (χ0v) is 18.1. The summed E-state index contributed by atoms with van der Waals surface area (Å²) in [5, 5.41) is 0. The second-order valence-corrected chi connectivity index (χ2v) is 8.34. The van der Waals surface area contributed by atoms with Gasteiger partial charge in [0, 0.05) is 39.4 Å². The number of hydrogen-bond donors (Lipinski definition) is 0. The van der Waals surface area contributed by atoms with E-state index < -0.39 is 0 Å². The number of ether oxygens (including phenoxy) is 2. The van der Waals surface area contributed by atoms with Crippen LogP contribution < -0.4 is 14.4 Å². The van der Waals surface area contributed by atoms with Gasteiger partial charge in [0.15, 0.2) is 11.5 Å². The van der Waals surface area contributed by atoms with Crippen LogP contribution in [0.3, 0.4) is 0 Å². The molecule has 0 saturated carbocycles. The molecule has 0 unspecified atom stereocenters. The van der Waals surface area contributed by atoms with Crippen molar-refractivity contribution in [1.29, 1.82) is 0 Å². The summed E-state index contributed by atoms with van der Waals surface area (Å²) in [5.74, 6) is 1.77. The quantitative estimate of drug-likeness (QED) is 0.732. The minimum atomic E-state index is 0.149. The molecular formula is C24H31N3O3.